The lowest BCUT2D eigenvalue weighted by Crippen LogP contribution is -2.50. The fourth-order valence-electron chi connectivity index (χ4n) is 6.29. The van der Waals surface area contributed by atoms with Gasteiger partial charge in [0.2, 0.25) is 5.91 Å². The van der Waals surface area contributed by atoms with E-state index in [4.69, 9.17) is 4.98 Å². The van der Waals surface area contributed by atoms with E-state index in [-0.39, 0.29) is 5.91 Å². The molecule has 0 N–H and O–H groups in total. The van der Waals surface area contributed by atoms with Gasteiger partial charge in [-0.3, -0.25) is 9.78 Å². The molecule has 5 heteroatoms. The van der Waals surface area contributed by atoms with Crippen molar-refractivity contribution in [1.82, 2.24) is 19.4 Å². The lowest BCUT2D eigenvalue weighted by molar-refractivity contribution is -0.138. The number of carbonyl (C=O) groups is 1. The van der Waals surface area contributed by atoms with Crippen LogP contribution >= 0.6 is 0 Å². The molecule has 0 bridgehead atoms. The molecule has 0 spiro atoms. The summed E-state index contributed by atoms with van der Waals surface area (Å²) in [7, 11) is 0. The van der Waals surface area contributed by atoms with Gasteiger partial charge in [0.15, 0.2) is 0 Å². The number of imidazole rings is 1. The molecule has 6 rings (SSSR count). The first-order valence-corrected chi connectivity index (χ1v) is 13.4. The van der Waals surface area contributed by atoms with E-state index in [0.29, 0.717) is 18.6 Å². The van der Waals surface area contributed by atoms with Gasteiger partial charge in [-0.1, -0.05) is 68.9 Å². The van der Waals surface area contributed by atoms with Crippen LogP contribution in [0.5, 0.6) is 0 Å². The van der Waals surface area contributed by atoms with E-state index in [1.807, 2.05) is 42.6 Å². The minimum atomic E-state index is 0.252. The van der Waals surface area contributed by atoms with Crippen molar-refractivity contribution in [2.24, 2.45) is 0 Å². The number of para-hydroxylation sites is 3. The molecule has 2 fully saturated rings. The van der Waals surface area contributed by atoms with Crippen molar-refractivity contribution >= 4 is 27.8 Å². The summed E-state index contributed by atoms with van der Waals surface area (Å²) in [5.74, 6) is 1.08. The van der Waals surface area contributed by atoms with Gasteiger partial charge in [-0.25, -0.2) is 4.98 Å². The molecule has 0 atom stereocenters. The van der Waals surface area contributed by atoms with E-state index in [2.05, 4.69) is 32.7 Å². The van der Waals surface area contributed by atoms with Crippen LogP contribution in [-0.4, -0.2) is 37.4 Å². The molecular weight excluding hydrogens is 432 g/mol. The average molecular weight is 467 g/mol. The molecule has 180 valence electrons. The van der Waals surface area contributed by atoms with Crippen molar-refractivity contribution < 1.29 is 4.79 Å². The third-order valence-electron chi connectivity index (χ3n) is 8.02. The van der Waals surface area contributed by atoms with E-state index in [1.165, 1.54) is 38.5 Å². The van der Waals surface area contributed by atoms with Gasteiger partial charge in [0.05, 0.1) is 16.6 Å². The lowest BCUT2D eigenvalue weighted by atomic mass is 9.88. The molecule has 0 radical (unpaired) electrons. The zero-order valence-electron chi connectivity index (χ0n) is 20.4. The fourth-order valence-corrected chi connectivity index (χ4v) is 6.29. The minimum Gasteiger partial charge on any atom is -0.335 e. The van der Waals surface area contributed by atoms with E-state index >= 15 is 0 Å². The molecule has 0 aliphatic heterocycles. The van der Waals surface area contributed by atoms with E-state index in [1.54, 1.807) is 0 Å². The van der Waals surface area contributed by atoms with Gasteiger partial charge < -0.3 is 9.47 Å². The summed E-state index contributed by atoms with van der Waals surface area (Å²) in [5.41, 5.74) is 3.85. The van der Waals surface area contributed by atoms with E-state index in [9.17, 15) is 4.79 Å². The molecule has 2 heterocycles. The number of nitrogens with zero attached hydrogens (tertiary/aromatic N) is 4. The van der Waals surface area contributed by atoms with Crippen LogP contribution in [0.4, 0.5) is 0 Å². The number of hydrogen-bond acceptors (Lipinski definition) is 3. The summed E-state index contributed by atoms with van der Waals surface area (Å²) in [6, 6.07) is 19.2. The smallest absolute Gasteiger partial charge is 0.243 e. The monoisotopic (exact) mass is 466 g/mol. The molecule has 0 saturated heterocycles. The van der Waals surface area contributed by atoms with Crippen molar-refractivity contribution in [2.45, 2.75) is 82.8 Å². The molecular formula is C30H34N4O. The largest absolute Gasteiger partial charge is 0.335 e. The van der Waals surface area contributed by atoms with Crippen molar-refractivity contribution in [3.05, 3.63) is 60.8 Å². The van der Waals surface area contributed by atoms with Gasteiger partial charge in [-0.2, -0.15) is 0 Å². The summed E-state index contributed by atoms with van der Waals surface area (Å²) in [6.07, 6.45) is 14.0. The van der Waals surface area contributed by atoms with Crippen LogP contribution in [0.15, 0.2) is 60.8 Å². The standard InChI is InChI=1S/C30H34N4O/c35-29(34(24-12-3-1-4-13-24)25-14-5-2-6-15-25)21-33-28-18-10-9-17-27(28)32-30(33)23-19-22-11-7-8-16-26(22)31-20-23/h7-11,16-20,24-25H,1-6,12-15,21H2. The third kappa shape index (κ3) is 4.44. The Kier molecular flexibility index (Phi) is 6.24. The molecule has 2 aromatic carbocycles. The first-order chi connectivity index (χ1) is 17.3. The Morgan fingerprint density at radius 3 is 2.17 bits per heavy atom. The van der Waals surface area contributed by atoms with Crippen LogP contribution < -0.4 is 0 Å². The molecule has 35 heavy (non-hydrogen) atoms. The third-order valence-corrected chi connectivity index (χ3v) is 8.02. The first-order valence-electron chi connectivity index (χ1n) is 13.4. The highest BCUT2D eigenvalue weighted by Crippen LogP contribution is 2.32. The highest BCUT2D eigenvalue weighted by molar-refractivity contribution is 5.87. The molecule has 5 nitrogen and oxygen atoms in total. The summed E-state index contributed by atoms with van der Waals surface area (Å²) >= 11 is 0. The van der Waals surface area contributed by atoms with Gasteiger partial charge in [0, 0.05) is 29.2 Å². The van der Waals surface area contributed by atoms with Crippen molar-refractivity contribution in [3.8, 4) is 11.4 Å². The minimum absolute atomic E-state index is 0.252. The zero-order chi connectivity index (χ0) is 23.6. The van der Waals surface area contributed by atoms with E-state index in [0.717, 1.165) is 59.0 Å². The highest BCUT2D eigenvalue weighted by Gasteiger charge is 2.33. The predicted octanol–water partition coefficient (Wildman–Crippen LogP) is 6.75. The maximum Gasteiger partial charge on any atom is 0.243 e. The van der Waals surface area contributed by atoms with Crippen LogP contribution in [0.3, 0.4) is 0 Å². The summed E-state index contributed by atoms with van der Waals surface area (Å²) in [5, 5.41) is 1.08. The van der Waals surface area contributed by atoms with Crippen LogP contribution in [0.25, 0.3) is 33.3 Å². The van der Waals surface area contributed by atoms with Gasteiger partial charge in [-0.15, -0.1) is 0 Å². The van der Waals surface area contributed by atoms with Crippen LogP contribution in [-0.2, 0) is 11.3 Å². The molecule has 2 aromatic heterocycles. The van der Waals surface area contributed by atoms with Crippen LogP contribution in [0, 0.1) is 0 Å². The van der Waals surface area contributed by atoms with Crippen molar-refractivity contribution in [2.75, 3.05) is 0 Å². The number of pyridine rings is 1. The fraction of sp³-hybridized carbons (Fsp3) is 0.433. The Bertz CT molecular complexity index is 1310. The summed E-state index contributed by atoms with van der Waals surface area (Å²) < 4.78 is 2.13. The quantitative estimate of drug-likeness (QED) is 0.327. The first kappa shape index (κ1) is 22.3. The average Bonchev–Trinajstić information content (AvgIpc) is 3.28. The number of rotatable bonds is 5. The van der Waals surface area contributed by atoms with Crippen molar-refractivity contribution in [3.63, 3.8) is 0 Å². The Morgan fingerprint density at radius 1 is 0.829 bits per heavy atom. The zero-order valence-corrected chi connectivity index (χ0v) is 20.4. The SMILES string of the molecule is O=C(Cn1c(-c2cnc3ccccc3c2)nc2ccccc21)N(C1CCCCC1)C1CCCCC1. The molecule has 2 aliphatic carbocycles. The second-order valence-electron chi connectivity index (χ2n) is 10.3. The number of benzene rings is 2. The maximum absolute atomic E-state index is 14.1. The Balaban J connectivity index is 1.39. The Hall–Kier alpha value is -3.21. The van der Waals surface area contributed by atoms with Crippen molar-refractivity contribution in [1.29, 1.82) is 0 Å². The molecule has 4 aromatic rings. The topological polar surface area (TPSA) is 51.0 Å². The van der Waals surface area contributed by atoms with E-state index < -0.39 is 0 Å². The molecule has 1 amide bonds. The van der Waals surface area contributed by atoms with Gasteiger partial charge in [-0.05, 0) is 49.9 Å². The van der Waals surface area contributed by atoms with Gasteiger partial charge in [0.1, 0.15) is 12.4 Å². The maximum atomic E-state index is 14.1. The number of fused-ring (bicyclic) bond motifs is 2. The molecule has 0 unspecified atom stereocenters. The van der Waals surface area contributed by atoms with Gasteiger partial charge >= 0.3 is 0 Å². The number of amides is 1. The second-order valence-corrected chi connectivity index (χ2v) is 10.3. The summed E-state index contributed by atoms with van der Waals surface area (Å²) in [6.45, 7) is 0.329. The molecule has 2 aliphatic rings. The number of hydrogen-bond donors (Lipinski definition) is 0. The summed E-state index contributed by atoms with van der Waals surface area (Å²) in [4.78, 5) is 26.1. The predicted molar refractivity (Wildman–Crippen MR) is 141 cm³/mol. The normalized spacial score (nSPS) is 17.7. The Labute approximate surface area is 207 Å². The lowest BCUT2D eigenvalue weighted by Gasteiger charge is -2.42. The molecule has 2 saturated carbocycles. The second kappa shape index (κ2) is 9.80. The number of aromatic nitrogens is 3. The van der Waals surface area contributed by atoms with Gasteiger partial charge in [0.25, 0.3) is 0 Å². The highest BCUT2D eigenvalue weighted by atomic mass is 16.2. The Morgan fingerprint density at radius 2 is 1.46 bits per heavy atom. The number of carbonyl (C=O) groups excluding carboxylic acids is 1. The van der Waals surface area contributed by atoms with Crippen LogP contribution in [0.1, 0.15) is 64.2 Å². The van der Waals surface area contributed by atoms with Crippen LogP contribution in [0.2, 0.25) is 0 Å².